The first kappa shape index (κ1) is 21.5. The molecule has 0 aromatic rings. The fourth-order valence-corrected chi connectivity index (χ4v) is 3.37. The van der Waals surface area contributed by atoms with Crippen LogP contribution in [0.25, 0.3) is 0 Å². The van der Waals surface area contributed by atoms with Crippen molar-refractivity contribution in [3.63, 3.8) is 0 Å². The Morgan fingerprint density at radius 3 is 1.41 bits per heavy atom. The topological polar surface area (TPSA) is 185 Å². The third-order valence-corrected chi connectivity index (χ3v) is 5.82. The van der Waals surface area contributed by atoms with E-state index in [0.29, 0.717) is 25.9 Å². The SMILES string of the molecule is NC(CSS(=O)(=O)O)=NCCCCN=C(N)CSS(=O)(=O)O. The zero-order valence-corrected chi connectivity index (χ0v) is 14.7. The summed E-state index contributed by atoms with van der Waals surface area (Å²) in [4.78, 5) is 7.83. The lowest BCUT2D eigenvalue weighted by molar-refractivity contribution is 0.501. The van der Waals surface area contributed by atoms with E-state index in [4.69, 9.17) is 20.6 Å². The van der Waals surface area contributed by atoms with Gasteiger partial charge >= 0.3 is 18.3 Å². The fourth-order valence-electron chi connectivity index (χ4n) is 1.03. The van der Waals surface area contributed by atoms with Gasteiger partial charge in [-0.25, -0.2) is 0 Å². The zero-order valence-electron chi connectivity index (χ0n) is 11.5. The van der Waals surface area contributed by atoms with Gasteiger partial charge in [0.05, 0.1) is 11.5 Å². The highest BCUT2D eigenvalue weighted by Gasteiger charge is 2.07. The van der Waals surface area contributed by atoms with Crippen LogP contribution in [0.3, 0.4) is 0 Å². The Morgan fingerprint density at radius 1 is 0.818 bits per heavy atom. The molecule has 0 rings (SSSR count). The summed E-state index contributed by atoms with van der Waals surface area (Å²) in [5, 5.41) is 0. The molecule has 0 aromatic carbocycles. The Balaban J connectivity index is 3.84. The van der Waals surface area contributed by atoms with Gasteiger partial charge in [0.25, 0.3) is 0 Å². The molecule has 0 atom stereocenters. The fraction of sp³-hybridized carbons (Fsp3) is 0.750. The van der Waals surface area contributed by atoms with E-state index in [1.165, 1.54) is 0 Å². The zero-order chi connectivity index (χ0) is 17.2. The maximum atomic E-state index is 10.5. The molecule has 6 N–H and O–H groups in total. The molecule has 10 nitrogen and oxygen atoms in total. The molecule has 130 valence electrons. The molecule has 14 heteroatoms. The highest BCUT2D eigenvalue weighted by Crippen LogP contribution is 2.08. The average molecular weight is 395 g/mol. The summed E-state index contributed by atoms with van der Waals surface area (Å²) >= 11 is 0. The Morgan fingerprint density at radius 2 is 1.14 bits per heavy atom. The average Bonchev–Trinajstić information content (AvgIpc) is 2.36. The third-order valence-electron chi connectivity index (χ3n) is 1.91. The number of rotatable bonds is 11. The quantitative estimate of drug-likeness (QED) is 0.118. The van der Waals surface area contributed by atoms with E-state index in [0.717, 1.165) is 0 Å². The molecule has 0 fully saturated rings. The highest BCUT2D eigenvalue weighted by molar-refractivity contribution is 8.70. The molecule has 0 radical (unpaired) electrons. The second-order valence-electron chi connectivity index (χ2n) is 3.83. The van der Waals surface area contributed by atoms with Gasteiger partial charge in [-0.3, -0.25) is 19.1 Å². The van der Waals surface area contributed by atoms with Crippen molar-refractivity contribution in [3.8, 4) is 0 Å². The van der Waals surface area contributed by atoms with Crippen LogP contribution in [0, 0.1) is 0 Å². The van der Waals surface area contributed by atoms with Crippen LogP contribution in [0.1, 0.15) is 12.8 Å². The van der Waals surface area contributed by atoms with E-state index in [2.05, 4.69) is 9.98 Å². The first-order valence-electron chi connectivity index (χ1n) is 5.81. The van der Waals surface area contributed by atoms with Gasteiger partial charge in [-0.1, -0.05) is 0 Å². The molecular formula is C8H18N4O6S4. The van der Waals surface area contributed by atoms with Crippen molar-refractivity contribution in [2.75, 3.05) is 24.6 Å². The van der Waals surface area contributed by atoms with E-state index in [-0.39, 0.29) is 44.8 Å². The maximum absolute atomic E-state index is 10.5. The third kappa shape index (κ3) is 15.8. The van der Waals surface area contributed by atoms with Crippen LogP contribution < -0.4 is 11.5 Å². The number of nitrogens with zero attached hydrogens (tertiary/aromatic N) is 2. The molecule has 0 saturated heterocycles. The summed E-state index contributed by atoms with van der Waals surface area (Å²) in [6, 6.07) is 0. The van der Waals surface area contributed by atoms with E-state index in [9.17, 15) is 16.8 Å². The van der Waals surface area contributed by atoms with E-state index in [1.54, 1.807) is 0 Å². The second-order valence-corrected chi connectivity index (χ2v) is 10.5. The Bertz CT molecular complexity index is 546. The van der Waals surface area contributed by atoms with Gasteiger partial charge in [0.2, 0.25) is 0 Å². The maximum Gasteiger partial charge on any atom is 0.320 e. The van der Waals surface area contributed by atoms with Crippen LogP contribution in [0.4, 0.5) is 0 Å². The van der Waals surface area contributed by atoms with Crippen molar-refractivity contribution in [3.05, 3.63) is 0 Å². The summed E-state index contributed by atoms with van der Waals surface area (Å²) < 4.78 is 58.8. The van der Waals surface area contributed by atoms with Gasteiger partial charge < -0.3 is 11.5 Å². The minimum Gasteiger partial charge on any atom is -0.387 e. The monoisotopic (exact) mass is 394 g/mol. The molecule has 0 aromatic heterocycles. The molecule has 0 unspecified atom stereocenters. The summed E-state index contributed by atoms with van der Waals surface area (Å²) in [6.45, 7) is 0.736. The molecule has 0 saturated carbocycles. The van der Waals surface area contributed by atoms with Gasteiger partial charge in [0.15, 0.2) is 0 Å². The van der Waals surface area contributed by atoms with E-state index < -0.39 is 18.3 Å². The van der Waals surface area contributed by atoms with Crippen LogP contribution in [0.2, 0.25) is 0 Å². The second kappa shape index (κ2) is 10.3. The van der Waals surface area contributed by atoms with Crippen molar-refractivity contribution < 1.29 is 25.9 Å². The molecule has 22 heavy (non-hydrogen) atoms. The Kier molecular flexibility index (Phi) is 10.0. The lowest BCUT2D eigenvalue weighted by Crippen LogP contribution is -2.17. The van der Waals surface area contributed by atoms with Crippen LogP contribution >= 0.6 is 21.6 Å². The predicted octanol–water partition coefficient (Wildman–Crippen LogP) is -0.447. The van der Waals surface area contributed by atoms with Gasteiger partial charge in [-0.15, -0.1) is 0 Å². The van der Waals surface area contributed by atoms with Crippen molar-refractivity contribution in [2.24, 2.45) is 21.5 Å². The van der Waals surface area contributed by atoms with Crippen molar-refractivity contribution in [2.45, 2.75) is 12.8 Å². The van der Waals surface area contributed by atoms with Crippen LogP contribution in [0.15, 0.2) is 9.98 Å². The largest absolute Gasteiger partial charge is 0.387 e. The Hall–Kier alpha value is -0.540. The van der Waals surface area contributed by atoms with Crippen LogP contribution in [-0.4, -0.2) is 62.2 Å². The van der Waals surface area contributed by atoms with Crippen LogP contribution in [-0.2, 0) is 18.3 Å². The van der Waals surface area contributed by atoms with Crippen molar-refractivity contribution in [1.29, 1.82) is 0 Å². The number of unbranched alkanes of at least 4 members (excludes halogenated alkanes) is 1. The molecule has 0 bridgehead atoms. The minimum absolute atomic E-state index is 0.107. The van der Waals surface area contributed by atoms with Crippen LogP contribution in [0.5, 0.6) is 0 Å². The van der Waals surface area contributed by atoms with Crippen molar-refractivity contribution in [1.82, 2.24) is 0 Å². The van der Waals surface area contributed by atoms with Gasteiger partial charge in [-0.2, -0.15) is 16.8 Å². The minimum atomic E-state index is -4.12. The molecule has 0 spiro atoms. The molecule has 0 aliphatic heterocycles. The number of aliphatic imine (C=N–C) groups is 2. The summed E-state index contributed by atoms with van der Waals surface area (Å²) in [5.41, 5.74) is 10.9. The first-order valence-corrected chi connectivity index (χ1v) is 11.7. The Labute approximate surface area is 136 Å². The van der Waals surface area contributed by atoms with E-state index in [1.807, 2.05) is 0 Å². The molecule has 0 amide bonds. The summed E-state index contributed by atoms with van der Waals surface area (Å²) in [6.07, 6.45) is 1.25. The summed E-state index contributed by atoms with van der Waals surface area (Å²) in [5.74, 6) is -0.0153. The molecule has 0 aliphatic carbocycles. The lowest BCUT2D eigenvalue weighted by Gasteiger charge is -2.00. The summed E-state index contributed by atoms with van der Waals surface area (Å²) in [7, 11) is -7.68. The molecule has 0 heterocycles. The highest BCUT2D eigenvalue weighted by atomic mass is 33.2. The number of hydrogen-bond acceptors (Lipinski definition) is 8. The number of amidine groups is 2. The number of nitrogens with two attached hydrogens (primary N) is 2. The standard InChI is InChI=1S/C8H18N4O6S4/c9-7(5-19-21(13,14)15)11-3-1-2-4-12-8(10)6-20-22(16,17)18/h1-6H2,(H2,9,11)(H2,10,12)(H,13,14,15)(H,16,17,18). The predicted molar refractivity (Wildman–Crippen MR) is 90.2 cm³/mol. The normalized spacial score (nSPS) is 14.3. The van der Waals surface area contributed by atoms with E-state index >= 15 is 0 Å². The first-order chi connectivity index (χ1) is 9.99. The molecular weight excluding hydrogens is 376 g/mol. The van der Waals surface area contributed by atoms with Gasteiger partial charge in [0, 0.05) is 34.7 Å². The van der Waals surface area contributed by atoms with Gasteiger partial charge in [-0.05, 0) is 12.8 Å². The van der Waals surface area contributed by atoms with Gasteiger partial charge in [0.1, 0.15) is 11.7 Å². The smallest absolute Gasteiger partial charge is 0.320 e. The molecule has 0 aliphatic rings. The van der Waals surface area contributed by atoms with Crippen molar-refractivity contribution >= 4 is 51.6 Å². The lowest BCUT2D eigenvalue weighted by atomic mass is 10.3. The number of hydrogen-bond donors (Lipinski definition) is 4.